The van der Waals surface area contributed by atoms with Crippen molar-refractivity contribution in [3.8, 4) is 17.0 Å². The van der Waals surface area contributed by atoms with Crippen molar-refractivity contribution < 1.29 is 14.3 Å². The number of hydrogen-bond donors (Lipinski definition) is 1. The zero-order chi connectivity index (χ0) is 22.2. The SMILES string of the molecule is COc1cccc(-c2cn3ccc(NC(=O)c4c(C(=O)N5CCC5)cnn4C)nc3n2)c1. The van der Waals surface area contributed by atoms with E-state index < -0.39 is 5.91 Å². The molecule has 1 aromatic carbocycles. The van der Waals surface area contributed by atoms with Crippen LogP contribution in [0.4, 0.5) is 5.82 Å². The number of likely N-dealkylation sites (tertiary alicyclic amines) is 1. The molecule has 1 saturated heterocycles. The first-order valence-corrected chi connectivity index (χ1v) is 10.2. The van der Waals surface area contributed by atoms with Gasteiger partial charge in [-0.25, -0.2) is 4.98 Å². The Morgan fingerprint density at radius 3 is 2.75 bits per heavy atom. The van der Waals surface area contributed by atoms with Crippen molar-refractivity contribution in [1.82, 2.24) is 29.0 Å². The Hall–Kier alpha value is -4.21. The molecule has 0 atom stereocenters. The maximum absolute atomic E-state index is 13.0. The van der Waals surface area contributed by atoms with Gasteiger partial charge in [0.25, 0.3) is 11.8 Å². The van der Waals surface area contributed by atoms with Gasteiger partial charge < -0.3 is 15.0 Å². The lowest BCUT2D eigenvalue weighted by Crippen LogP contribution is -2.42. The standard InChI is InChI=1S/C22H21N7O3/c1-27-19(16(12-23-27)21(31)28-8-4-9-28)20(30)25-18-7-10-29-13-17(24-22(29)26-18)14-5-3-6-15(11-14)32-2/h3,5-7,10-13H,4,8-9H2,1-2H3,(H,24,25,26,30). The number of hydrogen-bond acceptors (Lipinski definition) is 6. The lowest BCUT2D eigenvalue weighted by atomic mass is 10.1. The number of fused-ring (bicyclic) bond motifs is 1. The molecule has 3 aromatic heterocycles. The summed E-state index contributed by atoms with van der Waals surface area (Å²) < 4.78 is 8.45. The molecule has 1 N–H and O–H groups in total. The lowest BCUT2D eigenvalue weighted by Gasteiger charge is -2.30. The van der Waals surface area contributed by atoms with Crippen LogP contribution in [0.15, 0.2) is 48.9 Å². The molecule has 5 rings (SSSR count). The van der Waals surface area contributed by atoms with Crippen LogP contribution in [0, 0.1) is 0 Å². The number of benzene rings is 1. The number of anilines is 1. The molecular formula is C22H21N7O3. The molecule has 0 spiro atoms. The highest BCUT2D eigenvalue weighted by atomic mass is 16.5. The van der Waals surface area contributed by atoms with Gasteiger partial charge in [0, 0.05) is 38.1 Å². The van der Waals surface area contributed by atoms with Gasteiger partial charge in [0.05, 0.1) is 24.6 Å². The average Bonchev–Trinajstić information content (AvgIpc) is 3.35. The Bertz CT molecular complexity index is 1340. The number of nitrogens with one attached hydrogen (secondary N) is 1. The van der Waals surface area contributed by atoms with Crippen molar-refractivity contribution in [2.24, 2.45) is 7.05 Å². The lowest BCUT2D eigenvalue weighted by molar-refractivity contribution is 0.0648. The summed E-state index contributed by atoms with van der Waals surface area (Å²) in [6, 6.07) is 9.26. The van der Waals surface area contributed by atoms with Crippen molar-refractivity contribution in [3.05, 3.63) is 60.2 Å². The van der Waals surface area contributed by atoms with E-state index in [4.69, 9.17) is 4.74 Å². The number of carbonyl (C=O) groups excluding carboxylic acids is 2. The van der Waals surface area contributed by atoms with Gasteiger partial charge >= 0.3 is 0 Å². The molecule has 0 aliphatic carbocycles. The molecule has 4 aromatic rings. The molecule has 0 saturated carbocycles. The maximum atomic E-state index is 13.0. The van der Waals surface area contributed by atoms with E-state index in [1.807, 2.05) is 30.5 Å². The van der Waals surface area contributed by atoms with E-state index >= 15 is 0 Å². The highest BCUT2D eigenvalue weighted by Crippen LogP contribution is 2.24. The second-order valence-corrected chi connectivity index (χ2v) is 7.51. The van der Waals surface area contributed by atoms with Crippen molar-refractivity contribution >= 4 is 23.4 Å². The summed E-state index contributed by atoms with van der Waals surface area (Å²) in [5, 5.41) is 6.86. The van der Waals surface area contributed by atoms with E-state index in [1.54, 1.807) is 35.7 Å². The molecule has 0 unspecified atom stereocenters. The number of carbonyl (C=O) groups is 2. The molecule has 10 heteroatoms. The van der Waals surface area contributed by atoms with Gasteiger partial charge in [-0.3, -0.25) is 18.7 Å². The molecule has 10 nitrogen and oxygen atoms in total. The predicted molar refractivity (Wildman–Crippen MR) is 117 cm³/mol. The van der Waals surface area contributed by atoms with E-state index in [2.05, 4.69) is 20.4 Å². The molecule has 4 heterocycles. The van der Waals surface area contributed by atoms with E-state index in [9.17, 15) is 9.59 Å². The molecule has 32 heavy (non-hydrogen) atoms. The van der Waals surface area contributed by atoms with Crippen LogP contribution in [0.1, 0.15) is 27.3 Å². The first-order chi connectivity index (χ1) is 15.5. The minimum Gasteiger partial charge on any atom is -0.497 e. The number of nitrogens with zero attached hydrogens (tertiary/aromatic N) is 6. The monoisotopic (exact) mass is 431 g/mol. The first kappa shape index (κ1) is 19.7. The first-order valence-electron chi connectivity index (χ1n) is 10.2. The third kappa shape index (κ3) is 3.45. The summed E-state index contributed by atoms with van der Waals surface area (Å²) in [5.74, 6) is 0.857. The van der Waals surface area contributed by atoms with Crippen LogP contribution in [-0.2, 0) is 7.05 Å². The minimum atomic E-state index is -0.453. The number of methoxy groups -OCH3 is 1. The average molecular weight is 431 g/mol. The van der Waals surface area contributed by atoms with Gasteiger partial charge in [-0.15, -0.1) is 0 Å². The third-order valence-electron chi connectivity index (χ3n) is 5.46. The molecule has 2 amide bonds. The Kier molecular flexibility index (Phi) is 4.81. The van der Waals surface area contributed by atoms with E-state index in [-0.39, 0.29) is 17.2 Å². The van der Waals surface area contributed by atoms with Gasteiger partial charge in [0.1, 0.15) is 17.3 Å². The van der Waals surface area contributed by atoms with Crippen LogP contribution < -0.4 is 10.1 Å². The predicted octanol–water partition coefficient (Wildman–Crippen LogP) is 2.24. The number of rotatable bonds is 5. The second-order valence-electron chi connectivity index (χ2n) is 7.51. The summed E-state index contributed by atoms with van der Waals surface area (Å²) in [6.45, 7) is 1.39. The second kappa shape index (κ2) is 7.80. The fourth-order valence-corrected chi connectivity index (χ4v) is 3.59. The zero-order valence-electron chi connectivity index (χ0n) is 17.6. The van der Waals surface area contributed by atoms with Gasteiger partial charge in [-0.1, -0.05) is 12.1 Å². The van der Waals surface area contributed by atoms with Crippen molar-refractivity contribution in [2.75, 3.05) is 25.5 Å². The Labute approximate surface area is 183 Å². The number of ether oxygens (including phenoxy) is 1. The molecule has 1 aliphatic heterocycles. The van der Waals surface area contributed by atoms with Crippen LogP contribution in [0.2, 0.25) is 0 Å². The Balaban J connectivity index is 1.41. The van der Waals surface area contributed by atoms with Gasteiger partial charge in [-0.2, -0.15) is 10.1 Å². The maximum Gasteiger partial charge on any atom is 0.275 e. The molecule has 0 bridgehead atoms. The summed E-state index contributed by atoms with van der Waals surface area (Å²) >= 11 is 0. The highest BCUT2D eigenvalue weighted by molar-refractivity contribution is 6.10. The third-order valence-corrected chi connectivity index (χ3v) is 5.46. The molecule has 1 fully saturated rings. The molecule has 162 valence electrons. The smallest absolute Gasteiger partial charge is 0.275 e. The number of aryl methyl sites for hydroxylation is 1. The van der Waals surface area contributed by atoms with Gasteiger partial charge in [0.15, 0.2) is 0 Å². The van der Waals surface area contributed by atoms with E-state index in [0.717, 1.165) is 23.4 Å². The van der Waals surface area contributed by atoms with Crippen LogP contribution in [-0.4, -0.2) is 61.1 Å². The van der Waals surface area contributed by atoms with Crippen LogP contribution in [0.3, 0.4) is 0 Å². The van der Waals surface area contributed by atoms with Crippen molar-refractivity contribution in [1.29, 1.82) is 0 Å². The van der Waals surface area contributed by atoms with Crippen LogP contribution in [0.5, 0.6) is 5.75 Å². The molecule has 1 aliphatic rings. The highest BCUT2D eigenvalue weighted by Gasteiger charge is 2.28. The Morgan fingerprint density at radius 1 is 1.16 bits per heavy atom. The zero-order valence-corrected chi connectivity index (χ0v) is 17.6. The Morgan fingerprint density at radius 2 is 2.00 bits per heavy atom. The molecule has 0 radical (unpaired) electrons. The largest absolute Gasteiger partial charge is 0.497 e. The van der Waals surface area contributed by atoms with E-state index in [1.165, 1.54) is 10.9 Å². The number of imidazole rings is 1. The van der Waals surface area contributed by atoms with Crippen molar-refractivity contribution in [2.45, 2.75) is 6.42 Å². The van der Waals surface area contributed by atoms with Crippen LogP contribution in [0.25, 0.3) is 17.0 Å². The minimum absolute atomic E-state index is 0.186. The van der Waals surface area contributed by atoms with Crippen LogP contribution >= 0.6 is 0 Å². The van der Waals surface area contributed by atoms with E-state index in [0.29, 0.717) is 24.7 Å². The van der Waals surface area contributed by atoms with Gasteiger partial charge in [-0.05, 0) is 24.6 Å². The summed E-state index contributed by atoms with van der Waals surface area (Å²) in [6.07, 6.45) is 6.03. The summed E-state index contributed by atoms with van der Waals surface area (Å²) in [5.41, 5.74) is 2.11. The van der Waals surface area contributed by atoms with Gasteiger partial charge in [0.2, 0.25) is 5.78 Å². The molecular weight excluding hydrogens is 410 g/mol. The normalized spacial score (nSPS) is 13.1. The van der Waals surface area contributed by atoms with Crippen molar-refractivity contribution in [3.63, 3.8) is 0 Å². The summed E-state index contributed by atoms with van der Waals surface area (Å²) in [4.78, 5) is 36.3. The fourth-order valence-electron chi connectivity index (χ4n) is 3.59. The number of aromatic nitrogens is 5. The topological polar surface area (TPSA) is 107 Å². The summed E-state index contributed by atoms with van der Waals surface area (Å²) in [7, 11) is 3.25. The fraction of sp³-hybridized carbons (Fsp3) is 0.227. The number of amides is 2. The quantitative estimate of drug-likeness (QED) is 0.519.